The van der Waals surface area contributed by atoms with Crippen LogP contribution in [0.2, 0.25) is 5.15 Å². The van der Waals surface area contributed by atoms with Crippen molar-refractivity contribution >= 4 is 22.5 Å². The van der Waals surface area contributed by atoms with Crippen molar-refractivity contribution in [2.75, 3.05) is 0 Å². The molecule has 0 fully saturated rings. The summed E-state index contributed by atoms with van der Waals surface area (Å²) in [7, 11) is 1.99. The molecule has 1 heterocycles. The van der Waals surface area contributed by atoms with Crippen molar-refractivity contribution in [1.82, 2.24) is 4.57 Å². The molecule has 1 aromatic carbocycles. The van der Waals surface area contributed by atoms with Crippen molar-refractivity contribution in [3.63, 3.8) is 0 Å². The first-order chi connectivity index (χ1) is 7.52. The highest BCUT2D eigenvalue weighted by molar-refractivity contribution is 6.32. The van der Waals surface area contributed by atoms with Crippen molar-refractivity contribution in [1.29, 1.82) is 0 Å². The Kier molecular flexibility index (Phi) is 2.96. The van der Waals surface area contributed by atoms with Gasteiger partial charge in [0.2, 0.25) is 0 Å². The van der Waals surface area contributed by atoms with Crippen molar-refractivity contribution in [3.8, 4) is 0 Å². The van der Waals surface area contributed by atoms with Crippen LogP contribution in [0.1, 0.15) is 18.1 Å². The molecule has 0 saturated carbocycles. The molecular formula is C13H17ClN2. The van der Waals surface area contributed by atoms with Crippen LogP contribution in [-0.2, 0) is 13.5 Å². The van der Waals surface area contributed by atoms with Crippen LogP contribution in [0.5, 0.6) is 0 Å². The van der Waals surface area contributed by atoms with E-state index in [1.54, 1.807) is 0 Å². The Morgan fingerprint density at radius 1 is 1.44 bits per heavy atom. The minimum atomic E-state index is 0.128. The summed E-state index contributed by atoms with van der Waals surface area (Å²) < 4.78 is 2.03. The van der Waals surface area contributed by atoms with E-state index in [4.69, 9.17) is 17.3 Å². The molecule has 2 aromatic rings. The number of aromatic nitrogens is 1. The monoisotopic (exact) mass is 236 g/mol. The van der Waals surface area contributed by atoms with Crippen LogP contribution >= 0.6 is 11.6 Å². The average Bonchev–Trinajstić information content (AvgIpc) is 2.45. The number of hydrogen-bond acceptors (Lipinski definition) is 1. The Labute approximate surface area is 101 Å². The summed E-state index contributed by atoms with van der Waals surface area (Å²) >= 11 is 6.36. The summed E-state index contributed by atoms with van der Waals surface area (Å²) in [6.07, 6.45) is 0.820. The lowest BCUT2D eigenvalue weighted by Gasteiger charge is -2.05. The normalized spacial score (nSPS) is 13.3. The van der Waals surface area contributed by atoms with Crippen molar-refractivity contribution < 1.29 is 0 Å². The molecule has 16 heavy (non-hydrogen) atoms. The number of rotatable bonds is 2. The van der Waals surface area contributed by atoms with E-state index in [-0.39, 0.29) is 6.04 Å². The molecule has 0 saturated heterocycles. The molecule has 1 unspecified atom stereocenters. The van der Waals surface area contributed by atoms with E-state index in [0.29, 0.717) is 0 Å². The van der Waals surface area contributed by atoms with Gasteiger partial charge in [-0.25, -0.2) is 0 Å². The Bertz CT molecular complexity index is 526. The molecule has 86 valence electrons. The number of fused-ring (bicyclic) bond motifs is 1. The lowest BCUT2D eigenvalue weighted by Crippen LogP contribution is -2.17. The third kappa shape index (κ3) is 1.72. The number of hydrogen-bond donors (Lipinski definition) is 1. The molecule has 2 nitrogen and oxygen atoms in total. The molecule has 0 spiro atoms. The fraction of sp³-hybridized carbons (Fsp3) is 0.385. The van der Waals surface area contributed by atoms with E-state index in [0.717, 1.165) is 11.6 Å². The first kappa shape index (κ1) is 11.5. The number of halogens is 1. The van der Waals surface area contributed by atoms with Gasteiger partial charge in [-0.15, -0.1) is 0 Å². The summed E-state index contributed by atoms with van der Waals surface area (Å²) in [5.74, 6) is 0. The summed E-state index contributed by atoms with van der Waals surface area (Å²) in [4.78, 5) is 0. The van der Waals surface area contributed by atoms with Crippen LogP contribution in [0.25, 0.3) is 10.9 Å². The first-order valence-corrected chi connectivity index (χ1v) is 5.88. The maximum atomic E-state index is 6.36. The highest BCUT2D eigenvalue weighted by Crippen LogP contribution is 2.32. The summed E-state index contributed by atoms with van der Waals surface area (Å²) in [6, 6.07) is 6.40. The van der Waals surface area contributed by atoms with Crippen LogP contribution < -0.4 is 5.73 Å². The Balaban J connectivity index is 2.76. The molecule has 0 aliphatic rings. The number of benzene rings is 1. The van der Waals surface area contributed by atoms with E-state index < -0.39 is 0 Å². The predicted molar refractivity (Wildman–Crippen MR) is 70.0 cm³/mol. The summed E-state index contributed by atoms with van der Waals surface area (Å²) in [6.45, 7) is 4.12. The van der Waals surface area contributed by atoms with Crippen LogP contribution in [0, 0.1) is 6.92 Å². The van der Waals surface area contributed by atoms with Gasteiger partial charge in [0.25, 0.3) is 0 Å². The van der Waals surface area contributed by atoms with Gasteiger partial charge in [0.05, 0.1) is 0 Å². The average molecular weight is 237 g/mol. The quantitative estimate of drug-likeness (QED) is 0.854. The molecule has 2 N–H and O–H groups in total. The maximum absolute atomic E-state index is 6.36. The maximum Gasteiger partial charge on any atom is 0.113 e. The van der Waals surface area contributed by atoms with Gasteiger partial charge < -0.3 is 10.3 Å². The molecular weight excluding hydrogens is 220 g/mol. The lowest BCUT2D eigenvalue weighted by molar-refractivity contribution is 0.738. The molecule has 0 bridgehead atoms. The van der Waals surface area contributed by atoms with E-state index >= 15 is 0 Å². The second-order valence-electron chi connectivity index (χ2n) is 4.48. The largest absolute Gasteiger partial charge is 0.335 e. The van der Waals surface area contributed by atoms with E-state index in [9.17, 15) is 0 Å². The van der Waals surface area contributed by atoms with Gasteiger partial charge in [0, 0.05) is 24.0 Å². The summed E-state index contributed by atoms with van der Waals surface area (Å²) in [5.41, 5.74) is 9.49. The Morgan fingerprint density at radius 3 is 2.75 bits per heavy atom. The zero-order valence-electron chi connectivity index (χ0n) is 9.92. The zero-order chi connectivity index (χ0) is 11.9. The highest BCUT2D eigenvalue weighted by Gasteiger charge is 2.15. The van der Waals surface area contributed by atoms with Crippen LogP contribution in [-0.4, -0.2) is 10.6 Å². The van der Waals surface area contributed by atoms with Gasteiger partial charge in [-0.2, -0.15) is 0 Å². The second-order valence-corrected chi connectivity index (χ2v) is 4.84. The third-order valence-corrected chi connectivity index (χ3v) is 3.47. The fourth-order valence-electron chi connectivity index (χ4n) is 2.24. The van der Waals surface area contributed by atoms with Crippen molar-refractivity contribution in [2.24, 2.45) is 12.8 Å². The van der Waals surface area contributed by atoms with Crippen LogP contribution in [0.3, 0.4) is 0 Å². The Morgan fingerprint density at radius 2 is 2.12 bits per heavy atom. The van der Waals surface area contributed by atoms with Gasteiger partial charge in [-0.05, 0) is 37.5 Å². The molecule has 1 aromatic heterocycles. The fourth-order valence-corrected chi connectivity index (χ4v) is 2.51. The first-order valence-electron chi connectivity index (χ1n) is 5.50. The molecule has 3 heteroatoms. The van der Waals surface area contributed by atoms with Gasteiger partial charge in [-0.1, -0.05) is 23.7 Å². The summed E-state index contributed by atoms with van der Waals surface area (Å²) in [5, 5.41) is 2.06. The molecule has 0 amide bonds. The minimum Gasteiger partial charge on any atom is -0.335 e. The van der Waals surface area contributed by atoms with E-state index in [2.05, 4.69) is 25.1 Å². The van der Waals surface area contributed by atoms with Crippen molar-refractivity contribution in [3.05, 3.63) is 34.5 Å². The number of nitrogens with zero attached hydrogens (tertiary/aromatic N) is 1. The van der Waals surface area contributed by atoms with Gasteiger partial charge >= 0.3 is 0 Å². The van der Waals surface area contributed by atoms with E-state index in [1.807, 2.05) is 18.5 Å². The molecule has 2 rings (SSSR count). The minimum absolute atomic E-state index is 0.128. The van der Waals surface area contributed by atoms with Gasteiger partial charge in [0.1, 0.15) is 5.15 Å². The number of nitrogens with two attached hydrogens (primary N) is 1. The van der Waals surface area contributed by atoms with Crippen LogP contribution in [0.15, 0.2) is 18.2 Å². The standard InChI is InChI=1S/C13H17ClN2/c1-8-5-4-6-11-12(8)10(7-9(2)15)13(14)16(11)3/h4-6,9H,7,15H2,1-3H3. The molecule has 0 radical (unpaired) electrons. The zero-order valence-corrected chi connectivity index (χ0v) is 10.7. The SMILES string of the molecule is Cc1cccc2c1c(CC(C)N)c(Cl)n2C. The van der Waals surface area contributed by atoms with Gasteiger partial charge in [0.15, 0.2) is 0 Å². The molecule has 0 aliphatic carbocycles. The third-order valence-electron chi connectivity index (χ3n) is 2.98. The number of aryl methyl sites for hydroxylation is 2. The smallest absolute Gasteiger partial charge is 0.113 e. The van der Waals surface area contributed by atoms with E-state index in [1.165, 1.54) is 22.0 Å². The Hall–Kier alpha value is -0.990. The highest BCUT2D eigenvalue weighted by atomic mass is 35.5. The van der Waals surface area contributed by atoms with Crippen LogP contribution in [0.4, 0.5) is 0 Å². The predicted octanol–water partition coefficient (Wildman–Crippen LogP) is 3.03. The van der Waals surface area contributed by atoms with Crippen molar-refractivity contribution in [2.45, 2.75) is 26.3 Å². The van der Waals surface area contributed by atoms with Gasteiger partial charge in [-0.3, -0.25) is 0 Å². The molecule has 0 aliphatic heterocycles. The topological polar surface area (TPSA) is 30.9 Å². The lowest BCUT2D eigenvalue weighted by atomic mass is 10.0. The second kappa shape index (κ2) is 4.11. The molecule has 1 atom stereocenters.